The van der Waals surface area contributed by atoms with E-state index in [2.05, 4.69) is 47.7 Å². The first-order chi connectivity index (χ1) is 9.76. The van der Waals surface area contributed by atoms with Crippen molar-refractivity contribution in [2.24, 2.45) is 0 Å². The van der Waals surface area contributed by atoms with E-state index in [-0.39, 0.29) is 0 Å². The summed E-state index contributed by atoms with van der Waals surface area (Å²) >= 11 is 3.95. The van der Waals surface area contributed by atoms with Gasteiger partial charge < -0.3 is 10.2 Å². The molecule has 0 spiro atoms. The number of nitrogens with zero attached hydrogens (tertiary/aromatic N) is 2. The van der Waals surface area contributed by atoms with Crippen molar-refractivity contribution in [2.45, 2.75) is 57.9 Å². The van der Waals surface area contributed by atoms with Crippen LogP contribution in [0.3, 0.4) is 0 Å². The molecule has 114 valence electrons. The second-order valence-corrected chi connectivity index (χ2v) is 7.92. The first-order valence-electron chi connectivity index (χ1n) is 7.81. The fraction of sp³-hybridized carbons (Fsp3) is 0.800. The van der Waals surface area contributed by atoms with Crippen molar-refractivity contribution in [1.29, 1.82) is 0 Å². The zero-order valence-corrected chi connectivity index (χ0v) is 14.5. The molecular formula is C15H27N3S2. The van der Waals surface area contributed by atoms with Crippen molar-refractivity contribution in [2.75, 3.05) is 23.7 Å². The lowest BCUT2D eigenvalue weighted by atomic mass is 10.2. The number of thioether (sulfide) groups is 1. The van der Waals surface area contributed by atoms with Gasteiger partial charge >= 0.3 is 0 Å². The van der Waals surface area contributed by atoms with Crippen molar-refractivity contribution >= 4 is 28.2 Å². The molecule has 3 nitrogen and oxygen atoms in total. The lowest BCUT2D eigenvalue weighted by Gasteiger charge is -2.16. The highest BCUT2D eigenvalue weighted by Crippen LogP contribution is 2.30. The average molecular weight is 314 g/mol. The Hall–Kier alpha value is -0.260. The Balaban J connectivity index is 1.77. The van der Waals surface area contributed by atoms with Crippen LogP contribution in [0.15, 0.2) is 6.20 Å². The standard InChI is InChI=1S/C15H27N3S2/c1-4-18(5-2)15-17-11-14(20-15)10-16-12-7-8-13(9-12)19-6-3/h11-13,16H,4-10H2,1-3H3. The van der Waals surface area contributed by atoms with Crippen LogP contribution in [-0.4, -0.2) is 35.1 Å². The molecule has 0 aliphatic heterocycles. The molecule has 0 radical (unpaired) electrons. The molecule has 1 fully saturated rings. The first-order valence-corrected chi connectivity index (χ1v) is 9.67. The van der Waals surface area contributed by atoms with Crippen molar-refractivity contribution in [3.05, 3.63) is 11.1 Å². The summed E-state index contributed by atoms with van der Waals surface area (Å²) in [5.74, 6) is 1.25. The number of anilines is 1. The molecule has 1 aliphatic rings. The second kappa shape index (κ2) is 8.25. The van der Waals surface area contributed by atoms with Crippen LogP contribution in [0.1, 0.15) is 44.9 Å². The quantitative estimate of drug-likeness (QED) is 0.791. The second-order valence-electron chi connectivity index (χ2n) is 5.25. The maximum atomic E-state index is 4.55. The van der Waals surface area contributed by atoms with E-state index in [4.69, 9.17) is 0 Å². The van der Waals surface area contributed by atoms with Gasteiger partial charge in [-0.3, -0.25) is 0 Å². The Morgan fingerprint density at radius 3 is 2.85 bits per heavy atom. The van der Waals surface area contributed by atoms with Gasteiger partial charge in [0.2, 0.25) is 0 Å². The fourth-order valence-electron chi connectivity index (χ4n) is 2.78. The van der Waals surface area contributed by atoms with E-state index in [1.54, 1.807) is 0 Å². The third kappa shape index (κ3) is 4.37. The van der Waals surface area contributed by atoms with E-state index in [1.807, 2.05) is 17.5 Å². The van der Waals surface area contributed by atoms with Gasteiger partial charge in [-0.2, -0.15) is 11.8 Å². The molecule has 1 aliphatic carbocycles. The highest BCUT2D eigenvalue weighted by atomic mass is 32.2. The molecule has 0 aromatic carbocycles. The Kier molecular flexibility index (Phi) is 6.65. The summed E-state index contributed by atoms with van der Waals surface area (Å²) in [6, 6.07) is 0.707. The molecule has 1 aromatic heterocycles. The normalized spacial score (nSPS) is 22.4. The highest BCUT2D eigenvalue weighted by molar-refractivity contribution is 7.99. The summed E-state index contributed by atoms with van der Waals surface area (Å²) < 4.78 is 0. The zero-order valence-electron chi connectivity index (χ0n) is 12.9. The van der Waals surface area contributed by atoms with Crippen LogP contribution in [0, 0.1) is 0 Å². The van der Waals surface area contributed by atoms with Gasteiger partial charge in [-0.25, -0.2) is 4.98 Å². The molecule has 2 atom stereocenters. The largest absolute Gasteiger partial charge is 0.349 e. The van der Waals surface area contributed by atoms with Crippen LogP contribution in [0.4, 0.5) is 5.13 Å². The number of aromatic nitrogens is 1. The minimum absolute atomic E-state index is 0.707. The van der Waals surface area contributed by atoms with Gasteiger partial charge in [0, 0.05) is 42.0 Å². The van der Waals surface area contributed by atoms with Crippen molar-refractivity contribution in [3.63, 3.8) is 0 Å². The molecule has 1 heterocycles. The van der Waals surface area contributed by atoms with E-state index in [0.717, 1.165) is 30.0 Å². The van der Waals surface area contributed by atoms with Crippen molar-refractivity contribution in [1.82, 2.24) is 10.3 Å². The minimum atomic E-state index is 0.707. The highest BCUT2D eigenvalue weighted by Gasteiger charge is 2.24. The van der Waals surface area contributed by atoms with E-state index < -0.39 is 0 Å². The monoisotopic (exact) mass is 313 g/mol. The number of hydrogen-bond acceptors (Lipinski definition) is 5. The van der Waals surface area contributed by atoms with Crippen LogP contribution in [0.2, 0.25) is 0 Å². The fourth-order valence-corrected chi connectivity index (χ4v) is 4.91. The Morgan fingerprint density at radius 2 is 2.15 bits per heavy atom. The van der Waals surface area contributed by atoms with Gasteiger partial charge in [0.25, 0.3) is 0 Å². The smallest absolute Gasteiger partial charge is 0.185 e. The Labute approximate surface area is 131 Å². The zero-order chi connectivity index (χ0) is 14.4. The van der Waals surface area contributed by atoms with Gasteiger partial charge in [0.05, 0.1) is 0 Å². The maximum Gasteiger partial charge on any atom is 0.185 e. The molecule has 1 saturated carbocycles. The number of thiazole rings is 1. The van der Waals surface area contributed by atoms with Crippen molar-refractivity contribution in [3.8, 4) is 0 Å². The SMILES string of the molecule is CCSC1CCC(NCc2cnc(N(CC)CC)s2)C1. The molecule has 0 amide bonds. The van der Waals surface area contributed by atoms with Crippen LogP contribution in [-0.2, 0) is 6.54 Å². The van der Waals surface area contributed by atoms with E-state index in [9.17, 15) is 0 Å². The average Bonchev–Trinajstić information content (AvgIpc) is 3.08. The third-order valence-corrected chi connectivity index (χ3v) is 6.22. The minimum Gasteiger partial charge on any atom is -0.349 e. The van der Waals surface area contributed by atoms with Gasteiger partial charge in [-0.15, -0.1) is 11.3 Å². The maximum absolute atomic E-state index is 4.55. The number of nitrogens with one attached hydrogen (secondary N) is 1. The van der Waals surface area contributed by atoms with Gasteiger partial charge in [-0.1, -0.05) is 6.92 Å². The molecule has 2 rings (SSSR count). The predicted octanol–water partition coefficient (Wildman–Crippen LogP) is 3.75. The van der Waals surface area contributed by atoms with Crippen molar-refractivity contribution < 1.29 is 0 Å². The Morgan fingerprint density at radius 1 is 1.35 bits per heavy atom. The molecule has 20 heavy (non-hydrogen) atoms. The molecular weight excluding hydrogens is 286 g/mol. The summed E-state index contributed by atoms with van der Waals surface area (Å²) in [6.45, 7) is 9.69. The summed E-state index contributed by atoms with van der Waals surface area (Å²) in [7, 11) is 0. The third-order valence-electron chi connectivity index (χ3n) is 3.93. The molecule has 1 aromatic rings. The summed E-state index contributed by atoms with van der Waals surface area (Å²) in [5.41, 5.74) is 0. The Bertz CT molecular complexity index is 390. The van der Waals surface area contributed by atoms with Gasteiger partial charge in [0.15, 0.2) is 5.13 Å². The molecule has 0 bridgehead atoms. The van der Waals surface area contributed by atoms with Gasteiger partial charge in [-0.05, 0) is 38.9 Å². The van der Waals surface area contributed by atoms with E-state index in [1.165, 1.54) is 29.9 Å². The van der Waals surface area contributed by atoms with Crippen LogP contribution < -0.4 is 10.2 Å². The summed E-state index contributed by atoms with van der Waals surface area (Å²) in [5, 5.41) is 5.76. The first kappa shape index (κ1) is 16.1. The van der Waals surface area contributed by atoms with E-state index in [0.29, 0.717) is 6.04 Å². The number of rotatable bonds is 8. The van der Waals surface area contributed by atoms with Crippen LogP contribution >= 0.6 is 23.1 Å². The molecule has 5 heteroatoms. The van der Waals surface area contributed by atoms with Crippen LogP contribution in [0.25, 0.3) is 0 Å². The number of hydrogen-bond donors (Lipinski definition) is 1. The molecule has 0 saturated heterocycles. The summed E-state index contributed by atoms with van der Waals surface area (Å²) in [4.78, 5) is 8.22. The molecule has 2 unspecified atom stereocenters. The predicted molar refractivity (Wildman–Crippen MR) is 92.1 cm³/mol. The van der Waals surface area contributed by atoms with Crippen LogP contribution in [0.5, 0.6) is 0 Å². The lowest BCUT2D eigenvalue weighted by Crippen LogP contribution is -2.25. The van der Waals surface area contributed by atoms with Gasteiger partial charge in [0.1, 0.15) is 0 Å². The molecule has 1 N–H and O–H groups in total. The topological polar surface area (TPSA) is 28.2 Å². The lowest BCUT2D eigenvalue weighted by molar-refractivity contribution is 0.528. The van der Waals surface area contributed by atoms with E-state index >= 15 is 0 Å². The summed E-state index contributed by atoms with van der Waals surface area (Å²) in [6.07, 6.45) is 6.09.